The van der Waals surface area contributed by atoms with Crippen LogP contribution in [0.5, 0.6) is 0 Å². The SMILES string of the molecule is Cc1ccc(S(=O)(=O)CCCC(=O)N(CCCN(C)C)c2nc3c(C)cc(Cl)cc3s2)cc1.Cl. The largest absolute Gasteiger partial charge is 0.309 e. The quantitative estimate of drug-likeness (QED) is 0.336. The van der Waals surface area contributed by atoms with Gasteiger partial charge in [0.1, 0.15) is 0 Å². The van der Waals surface area contributed by atoms with Gasteiger partial charge in [-0.2, -0.15) is 0 Å². The van der Waals surface area contributed by atoms with Crippen molar-refractivity contribution in [2.45, 2.75) is 38.0 Å². The molecule has 0 aliphatic carbocycles. The smallest absolute Gasteiger partial charge is 0.228 e. The normalized spacial score (nSPS) is 11.6. The van der Waals surface area contributed by atoms with E-state index >= 15 is 0 Å². The van der Waals surface area contributed by atoms with Crippen LogP contribution in [0.3, 0.4) is 0 Å². The first-order chi connectivity index (χ1) is 15.6. The van der Waals surface area contributed by atoms with Crippen molar-refractivity contribution in [3.05, 3.63) is 52.5 Å². The minimum atomic E-state index is -3.43. The number of carbonyl (C=O) groups is 1. The van der Waals surface area contributed by atoms with E-state index in [-0.39, 0.29) is 36.9 Å². The molecule has 34 heavy (non-hydrogen) atoms. The highest BCUT2D eigenvalue weighted by Gasteiger charge is 2.22. The van der Waals surface area contributed by atoms with E-state index in [0.717, 1.165) is 34.3 Å². The molecule has 0 spiro atoms. The standard InChI is InChI=1S/C24H30ClN3O3S2.ClH/c1-17-8-10-20(11-9-17)33(30,31)14-5-7-22(29)28(13-6-12-27(3)4)24-26-23-18(2)15-19(25)16-21(23)32-24;/h8-11,15-16H,5-7,12-14H2,1-4H3;1H. The lowest BCUT2D eigenvalue weighted by Gasteiger charge is -2.21. The molecule has 1 heterocycles. The Morgan fingerprint density at radius 3 is 2.38 bits per heavy atom. The van der Waals surface area contributed by atoms with Crippen LogP contribution >= 0.6 is 35.3 Å². The number of hydrogen-bond donors (Lipinski definition) is 0. The third-order valence-corrected chi connectivity index (χ3v) is 8.40. The maximum Gasteiger partial charge on any atom is 0.228 e. The molecular weight excluding hydrogens is 513 g/mol. The molecule has 0 aliphatic heterocycles. The average molecular weight is 545 g/mol. The fraction of sp³-hybridized carbons (Fsp3) is 0.417. The first kappa shape index (κ1) is 28.5. The summed E-state index contributed by atoms with van der Waals surface area (Å²) in [6, 6.07) is 10.5. The van der Waals surface area contributed by atoms with Crippen molar-refractivity contribution >= 4 is 66.4 Å². The van der Waals surface area contributed by atoms with Gasteiger partial charge in [0.05, 0.1) is 20.9 Å². The Labute approximate surface area is 217 Å². The highest BCUT2D eigenvalue weighted by Crippen LogP contribution is 2.33. The number of rotatable bonds is 10. The third kappa shape index (κ3) is 7.39. The molecule has 0 radical (unpaired) electrons. The molecular formula is C24H31Cl2N3O3S2. The van der Waals surface area contributed by atoms with Crippen LogP contribution in [0.15, 0.2) is 41.3 Å². The van der Waals surface area contributed by atoms with E-state index in [1.165, 1.54) is 11.3 Å². The molecule has 0 N–H and O–H groups in total. The first-order valence-corrected chi connectivity index (χ1v) is 13.7. The van der Waals surface area contributed by atoms with Gasteiger partial charge in [0.15, 0.2) is 15.0 Å². The number of aryl methyl sites for hydroxylation is 2. The summed E-state index contributed by atoms with van der Waals surface area (Å²) in [5.41, 5.74) is 2.81. The number of fused-ring (bicyclic) bond motifs is 1. The van der Waals surface area contributed by atoms with Gasteiger partial charge in [-0.25, -0.2) is 13.4 Å². The van der Waals surface area contributed by atoms with Gasteiger partial charge >= 0.3 is 0 Å². The van der Waals surface area contributed by atoms with Crippen LogP contribution in [0.4, 0.5) is 5.13 Å². The summed E-state index contributed by atoms with van der Waals surface area (Å²) in [6.07, 6.45) is 1.19. The number of benzene rings is 2. The van der Waals surface area contributed by atoms with Gasteiger partial charge in [0.2, 0.25) is 5.91 Å². The van der Waals surface area contributed by atoms with Gasteiger partial charge in [0, 0.05) is 18.0 Å². The van der Waals surface area contributed by atoms with Gasteiger partial charge in [-0.3, -0.25) is 9.69 Å². The Hall–Kier alpha value is -1.71. The lowest BCUT2D eigenvalue weighted by molar-refractivity contribution is -0.118. The molecule has 0 aliphatic rings. The minimum absolute atomic E-state index is 0. The number of anilines is 1. The van der Waals surface area contributed by atoms with E-state index in [2.05, 4.69) is 4.90 Å². The molecule has 3 aromatic rings. The summed E-state index contributed by atoms with van der Waals surface area (Å²) >= 11 is 7.64. The fourth-order valence-electron chi connectivity index (χ4n) is 3.54. The Bertz CT molecular complexity index is 1230. The number of carbonyl (C=O) groups excluding carboxylic acids is 1. The predicted octanol–water partition coefficient (Wildman–Crippen LogP) is 5.53. The second-order valence-corrected chi connectivity index (χ2v) is 12.1. The lowest BCUT2D eigenvalue weighted by Crippen LogP contribution is -2.33. The van der Waals surface area contributed by atoms with Gasteiger partial charge in [-0.1, -0.05) is 40.6 Å². The first-order valence-electron chi connectivity index (χ1n) is 10.9. The van der Waals surface area contributed by atoms with Gasteiger partial charge in [-0.05, 0) is 77.2 Å². The van der Waals surface area contributed by atoms with Crippen molar-refractivity contribution in [3.63, 3.8) is 0 Å². The number of halogens is 2. The maximum absolute atomic E-state index is 13.2. The molecule has 0 fully saturated rings. The summed E-state index contributed by atoms with van der Waals surface area (Å²) in [5, 5.41) is 1.27. The van der Waals surface area contributed by atoms with Crippen molar-refractivity contribution in [2.75, 3.05) is 37.8 Å². The van der Waals surface area contributed by atoms with E-state index in [4.69, 9.17) is 16.6 Å². The Morgan fingerprint density at radius 2 is 1.74 bits per heavy atom. The lowest BCUT2D eigenvalue weighted by atomic mass is 10.2. The fourth-order valence-corrected chi connectivity index (χ4v) is 6.32. The Balaban J connectivity index is 0.00000408. The Kier molecular flexibility index (Phi) is 10.3. The van der Waals surface area contributed by atoms with Crippen molar-refractivity contribution in [2.24, 2.45) is 0 Å². The zero-order chi connectivity index (χ0) is 24.2. The van der Waals surface area contributed by atoms with Crippen LogP contribution in [-0.4, -0.2) is 57.1 Å². The van der Waals surface area contributed by atoms with Crippen LogP contribution < -0.4 is 4.90 Å². The van der Waals surface area contributed by atoms with Crippen molar-refractivity contribution in [1.82, 2.24) is 9.88 Å². The molecule has 0 bridgehead atoms. The van der Waals surface area contributed by atoms with Gasteiger partial charge < -0.3 is 4.90 Å². The van der Waals surface area contributed by atoms with Crippen LogP contribution in [0.2, 0.25) is 5.02 Å². The molecule has 0 atom stereocenters. The second kappa shape index (κ2) is 12.3. The summed E-state index contributed by atoms with van der Waals surface area (Å²) in [4.78, 5) is 21.9. The van der Waals surface area contributed by atoms with E-state index in [9.17, 15) is 13.2 Å². The van der Waals surface area contributed by atoms with Crippen molar-refractivity contribution in [3.8, 4) is 0 Å². The topological polar surface area (TPSA) is 70.6 Å². The average Bonchev–Trinajstić information content (AvgIpc) is 3.15. The molecule has 0 saturated carbocycles. The highest BCUT2D eigenvalue weighted by molar-refractivity contribution is 7.91. The molecule has 3 rings (SSSR count). The number of hydrogen-bond acceptors (Lipinski definition) is 6. The zero-order valence-corrected chi connectivity index (χ0v) is 23.1. The molecule has 186 valence electrons. The summed E-state index contributed by atoms with van der Waals surface area (Å²) in [5.74, 6) is -0.183. The monoisotopic (exact) mass is 543 g/mol. The van der Waals surface area contributed by atoms with Crippen LogP contribution in [0, 0.1) is 13.8 Å². The number of thiazole rings is 1. The third-order valence-electron chi connectivity index (χ3n) is 5.34. The van der Waals surface area contributed by atoms with Crippen LogP contribution in [-0.2, 0) is 14.6 Å². The van der Waals surface area contributed by atoms with Crippen molar-refractivity contribution in [1.29, 1.82) is 0 Å². The maximum atomic E-state index is 13.2. The molecule has 1 aromatic heterocycles. The van der Waals surface area contributed by atoms with E-state index in [0.29, 0.717) is 21.6 Å². The summed E-state index contributed by atoms with van der Waals surface area (Å²) in [6.45, 7) is 5.22. The van der Waals surface area contributed by atoms with Crippen LogP contribution in [0.25, 0.3) is 10.2 Å². The number of amides is 1. The second-order valence-electron chi connectivity index (χ2n) is 8.50. The van der Waals surface area contributed by atoms with Crippen LogP contribution in [0.1, 0.15) is 30.4 Å². The van der Waals surface area contributed by atoms with Crippen molar-refractivity contribution < 1.29 is 13.2 Å². The Morgan fingerprint density at radius 1 is 1.06 bits per heavy atom. The molecule has 0 saturated heterocycles. The molecule has 1 amide bonds. The predicted molar refractivity (Wildman–Crippen MR) is 145 cm³/mol. The molecule has 6 nitrogen and oxygen atoms in total. The molecule has 10 heteroatoms. The van der Waals surface area contributed by atoms with E-state index in [1.807, 2.05) is 40.1 Å². The van der Waals surface area contributed by atoms with E-state index < -0.39 is 9.84 Å². The number of nitrogens with zero attached hydrogens (tertiary/aromatic N) is 3. The molecule has 0 unspecified atom stereocenters. The highest BCUT2D eigenvalue weighted by atomic mass is 35.5. The number of aromatic nitrogens is 1. The van der Waals surface area contributed by atoms with Gasteiger partial charge in [0.25, 0.3) is 0 Å². The summed E-state index contributed by atoms with van der Waals surface area (Å²) < 4.78 is 26.2. The number of sulfone groups is 1. The van der Waals surface area contributed by atoms with Gasteiger partial charge in [-0.15, -0.1) is 12.4 Å². The zero-order valence-electron chi connectivity index (χ0n) is 19.9. The summed E-state index contributed by atoms with van der Waals surface area (Å²) in [7, 11) is 0.555. The minimum Gasteiger partial charge on any atom is -0.309 e. The van der Waals surface area contributed by atoms with E-state index in [1.54, 1.807) is 29.2 Å². The molecule has 2 aromatic carbocycles.